The zero-order valence-corrected chi connectivity index (χ0v) is 18.8. The lowest BCUT2D eigenvalue weighted by atomic mass is 10.1. The molecule has 6 nitrogen and oxygen atoms in total. The topological polar surface area (TPSA) is 60.6 Å². The Morgan fingerprint density at radius 1 is 1.03 bits per heavy atom. The van der Waals surface area contributed by atoms with Crippen LogP contribution in [0.5, 0.6) is 11.5 Å². The molecule has 1 aliphatic rings. The minimum Gasteiger partial charge on any atom is -0.490 e. The molecule has 1 fully saturated rings. The van der Waals surface area contributed by atoms with Gasteiger partial charge in [-0.25, -0.2) is 0 Å². The summed E-state index contributed by atoms with van der Waals surface area (Å²) in [6.07, 6.45) is 2.07. The first-order valence-electron chi connectivity index (χ1n) is 11.1. The average molecular weight is 422 g/mol. The second kappa shape index (κ2) is 9.52. The molecule has 0 radical (unpaired) electrons. The van der Waals surface area contributed by atoms with Gasteiger partial charge in [0.2, 0.25) is 11.8 Å². The maximum atomic E-state index is 6.25. The summed E-state index contributed by atoms with van der Waals surface area (Å²) in [4.78, 5) is 2.38. The van der Waals surface area contributed by atoms with E-state index in [9.17, 15) is 0 Å². The highest BCUT2D eigenvalue weighted by atomic mass is 16.5. The molecular weight excluding hydrogens is 390 g/mol. The Hall–Kier alpha value is -2.86. The second-order valence-electron chi connectivity index (χ2n) is 8.15. The van der Waals surface area contributed by atoms with Crippen LogP contribution in [0.2, 0.25) is 0 Å². The third-order valence-corrected chi connectivity index (χ3v) is 6.02. The van der Waals surface area contributed by atoms with Crippen LogP contribution in [0.15, 0.2) is 46.9 Å². The zero-order chi connectivity index (χ0) is 21.8. The lowest BCUT2D eigenvalue weighted by Gasteiger charge is -2.34. The van der Waals surface area contributed by atoms with E-state index in [1.54, 1.807) is 0 Å². The molecule has 2 heterocycles. The number of aryl methyl sites for hydroxylation is 2. The highest BCUT2D eigenvalue weighted by Gasteiger charge is 2.28. The van der Waals surface area contributed by atoms with E-state index in [0.717, 1.165) is 43.0 Å². The first-order valence-corrected chi connectivity index (χ1v) is 11.1. The van der Waals surface area contributed by atoms with Gasteiger partial charge in [-0.15, -0.1) is 10.2 Å². The van der Waals surface area contributed by atoms with Crippen molar-refractivity contribution >= 4 is 0 Å². The number of hydrogen-bond donors (Lipinski definition) is 0. The Labute approximate surface area is 184 Å². The molecule has 4 rings (SSSR count). The number of nitrogens with zero attached hydrogens (tertiary/aromatic N) is 3. The molecule has 1 atom stereocenters. The van der Waals surface area contributed by atoms with Crippen LogP contribution >= 0.6 is 0 Å². The van der Waals surface area contributed by atoms with Gasteiger partial charge in [-0.2, -0.15) is 0 Å². The van der Waals surface area contributed by atoms with Gasteiger partial charge >= 0.3 is 0 Å². The standard InChI is InChI=1S/C25H31N3O3/c1-5-29-22-8-6-7-9-23(22)30-21-12-14-28(15-13-21)19(4)24-26-27-25(31-24)20-11-10-17(2)18(3)16-20/h6-11,16,19,21H,5,12-15H2,1-4H3/t19-/m1/s1. The third kappa shape index (κ3) is 4.90. The summed E-state index contributed by atoms with van der Waals surface area (Å²) in [5.41, 5.74) is 3.44. The van der Waals surface area contributed by atoms with Crippen molar-refractivity contribution in [3.05, 3.63) is 59.5 Å². The molecule has 6 heteroatoms. The molecule has 0 saturated carbocycles. The number of hydrogen-bond acceptors (Lipinski definition) is 6. The fourth-order valence-corrected chi connectivity index (χ4v) is 3.93. The molecule has 1 saturated heterocycles. The largest absolute Gasteiger partial charge is 0.490 e. The Balaban J connectivity index is 1.36. The zero-order valence-electron chi connectivity index (χ0n) is 18.8. The van der Waals surface area contributed by atoms with Gasteiger partial charge in [-0.05, 0) is 75.9 Å². The maximum Gasteiger partial charge on any atom is 0.247 e. The lowest BCUT2D eigenvalue weighted by Crippen LogP contribution is -2.39. The minimum atomic E-state index is 0.0736. The van der Waals surface area contributed by atoms with Gasteiger partial charge in [0.25, 0.3) is 0 Å². The predicted octanol–water partition coefficient (Wildman–Crippen LogP) is 5.36. The minimum absolute atomic E-state index is 0.0736. The van der Waals surface area contributed by atoms with Crippen LogP contribution in [0.3, 0.4) is 0 Å². The fourth-order valence-electron chi connectivity index (χ4n) is 3.93. The SMILES string of the molecule is CCOc1ccccc1OC1CCN([C@H](C)c2nnc(-c3ccc(C)c(C)c3)o2)CC1. The summed E-state index contributed by atoms with van der Waals surface area (Å²) in [5.74, 6) is 2.88. The van der Waals surface area contributed by atoms with E-state index in [2.05, 4.69) is 48.0 Å². The van der Waals surface area contributed by atoms with Crippen LogP contribution in [0.1, 0.15) is 49.7 Å². The molecule has 0 amide bonds. The van der Waals surface area contributed by atoms with E-state index in [1.807, 2.05) is 37.3 Å². The van der Waals surface area contributed by atoms with Gasteiger partial charge in [0.15, 0.2) is 11.5 Å². The smallest absolute Gasteiger partial charge is 0.247 e. The summed E-state index contributed by atoms with van der Waals surface area (Å²) in [6, 6.07) is 14.2. The average Bonchev–Trinajstić information content (AvgIpc) is 3.27. The van der Waals surface area contributed by atoms with Gasteiger partial charge in [-0.3, -0.25) is 4.90 Å². The van der Waals surface area contributed by atoms with Crippen molar-refractivity contribution in [3.8, 4) is 23.0 Å². The van der Waals surface area contributed by atoms with Gasteiger partial charge in [0, 0.05) is 18.7 Å². The Morgan fingerprint density at radius 3 is 2.48 bits per heavy atom. The van der Waals surface area contributed by atoms with E-state index in [4.69, 9.17) is 13.9 Å². The van der Waals surface area contributed by atoms with Crippen LogP contribution in [0, 0.1) is 13.8 Å². The van der Waals surface area contributed by atoms with E-state index in [0.29, 0.717) is 18.4 Å². The number of rotatable bonds is 7. The van der Waals surface area contributed by atoms with Crippen molar-refractivity contribution in [1.29, 1.82) is 0 Å². The highest BCUT2D eigenvalue weighted by Crippen LogP contribution is 2.31. The molecule has 0 unspecified atom stereocenters. The van der Waals surface area contributed by atoms with Crippen molar-refractivity contribution in [3.63, 3.8) is 0 Å². The molecule has 1 aliphatic heterocycles. The summed E-state index contributed by atoms with van der Waals surface area (Å²) < 4.78 is 18.0. The van der Waals surface area contributed by atoms with Gasteiger partial charge in [0.05, 0.1) is 12.6 Å². The number of piperidine rings is 1. The van der Waals surface area contributed by atoms with E-state index < -0.39 is 0 Å². The van der Waals surface area contributed by atoms with Gasteiger partial charge < -0.3 is 13.9 Å². The molecule has 3 aromatic rings. The fraction of sp³-hybridized carbons (Fsp3) is 0.440. The normalized spacial score (nSPS) is 16.3. The molecule has 0 aliphatic carbocycles. The van der Waals surface area contributed by atoms with Crippen molar-refractivity contribution in [2.45, 2.75) is 52.7 Å². The second-order valence-corrected chi connectivity index (χ2v) is 8.15. The summed E-state index contributed by atoms with van der Waals surface area (Å²) in [7, 11) is 0. The lowest BCUT2D eigenvalue weighted by molar-refractivity contribution is 0.0701. The summed E-state index contributed by atoms with van der Waals surface area (Å²) >= 11 is 0. The molecular formula is C25H31N3O3. The van der Waals surface area contributed by atoms with E-state index in [1.165, 1.54) is 11.1 Å². The molecule has 0 spiro atoms. The quantitative estimate of drug-likeness (QED) is 0.512. The molecule has 0 bridgehead atoms. The van der Waals surface area contributed by atoms with Crippen molar-refractivity contribution in [2.75, 3.05) is 19.7 Å². The number of benzene rings is 2. The Kier molecular flexibility index (Phi) is 6.56. The first-order chi connectivity index (χ1) is 15.0. The van der Waals surface area contributed by atoms with Crippen molar-refractivity contribution in [1.82, 2.24) is 15.1 Å². The van der Waals surface area contributed by atoms with Gasteiger partial charge in [0.1, 0.15) is 6.10 Å². The van der Waals surface area contributed by atoms with Crippen LogP contribution in [-0.2, 0) is 0 Å². The molecule has 2 aromatic carbocycles. The van der Waals surface area contributed by atoms with Crippen LogP contribution in [-0.4, -0.2) is 40.9 Å². The number of para-hydroxylation sites is 2. The Morgan fingerprint density at radius 2 is 1.77 bits per heavy atom. The van der Waals surface area contributed by atoms with Crippen LogP contribution in [0.4, 0.5) is 0 Å². The summed E-state index contributed by atoms with van der Waals surface area (Å²) in [5, 5.41) is 8.62. The predicted molar refractivity (Wildman–Crippen MR) is 120 cm³/mol. The van der Waals surface area contributed by atoms with E-state index in [-0.39, 0.29) is 12.1 Å². The van der Waals surface area contributed by atoms with Crippen molar-refractivity contribution < 1.29 is 13.9 Å². The van der Waals surface area contributed by atoms with Crippen LogP contribution in [0.25, 0.3) is 11.5 Å². The Bertz CT molecular complexity index is 1010. The highest BCUT2D eigenvalue weighted by molar-refractivity contribution is 5.55. The number of ether oxygens (including phenoxy) is 2. The molecule has 0 N–H and O–H groups in total. The number of likely N-dealkylation sites (tertiary alicyclic amines) is 1. The first kappa shape index (κ1) is 21.4. The monoisotopic (exact) mass is 421 g/mol. The number of aromatic nitrogens is 2. The maximum absolute atomic E-state index is 6.25. The van der Waals surface area contributed by atoms with Crippen molar-refractivity contribution in [2.24, 2.45) is 0 Å². The summed E-state index contributed by atoms with van der Waals surface area (Å²) in [6.45, 7) is 10.8. The van der Waals surface area contributed by atoms with E-state index >= 15 is 0 Å². The van der Waals surface area contributed by atoms with Gasteiger partial charge in [-0.1, -0.05) is 18.2 Å². The van der Waals surface area contributed by atoms with Crippen LogP contribution < -0.4 is 9.47 Å². The third-order valence-electron chi connectivity index (χ3n) is 6.02. The molecule has 164 valence electrons. The molecule has 31 heavy (non-hydrogen) atoms. The molecule has 1 aromatic heterocycles.